The van der Waals surface area contributed by atoms with E-state index in [1.165, 1.54) is 0 Å². The Morgan fingerprint density at radius 3 is 2.76 bits per heavy atom. The lowest BCUT2D eigenvalue weighted by atomic mass is 10.1. The van der Waals surface area contributed by atoms with Crippen molar-refractivity contribution < 1.29 is 9.53 Å². The van der Waals surface area contributed by atoms with Crippen molar-refractivity contribution in [3.05, 3.63) is 54.1 Å². The SMILES string of the molecule is CCOC(=O)c1c(-c2ccccc2)nc2cc(C)ncn12. The molecule has 0 saturated carbocycles. The van der Waals surface area contributed by atoms with Crippen molar-refractivity contribution >= 4 is 11.6 Å². The number of imidazole rings is 1. The number of nitrogens with zero attached hydrogens (tertiary/aromatic N) is 3. The zero-order valence-corrected chi connectivity index (χ0v) is 11.9. The summed E-state index contributed by atoms with van der Waals surface area (Å²) in [7, 11) is 0. The van der Waals surface area contributed by atoms with Crippen LogP contribution in [0, 0.1) is 6.92 Å². The molecule has 2 heterocycles. The lowest BCUT2D eigenvalue weighted by molar-refractivity contribution is 0.0519. The van der Waals surface area contributed by atoms with E-state index in [1.807, 2.05) is 43.3 Å². The molecule has 0 spiro atoms. The first kappa shape index (κ1) is 13.3. The van der Waals surface area contributed by atoms with Crippen molar-refractivity contribution in [3.63, 3.8) is 0 Å². The van der Waals surface area contributed by atoms with Crippen LogP contribution in [-0.4, -0.2) is 26.9 Å². The molecule has 2 aromatic heterocycles. The van der Waals surface area contributed by atoms with Crippen LogP contribution in [0.3, 0.4) is 0 Å². The quantitative estimate of drug-likeness (QED) is 0.693. The Labute approximate surface area is 122 Å². The predicted octanol–water partition coefficient (Wildman–Crippen LogP) is 2.88. The topological polar surface area (TPSA) is 56.5 Å². The lowest BCUT2D eigenvalue weighted by Crippen LogP contribution is -2.09. The molecule has 0 N–H and O–H groups in total. The van der Waals surface area contributed by atoms with Gasteiger partial charge in [-0.15, -0.1) is 0 Å². The Bertz CT molecular complexity index is 794. The summed E-state index contributed by atoms with van der Waals surface area (Å²) < 4.78 is 6.83. The van der Waals surface area contributed by atoms with Gasteiger partial charge in [0.25, 0.3) is 0 Å². The van der Waals surface area contributed by atoms with Gasteiger partial charge in [0, 0.05) is 17.3 Å². The summed E-state index contributed by atoms with van der Waals surface area (Å²) in [4.78, 5) is 21.1. The minimum atomic E-state index is -0.394. The summed E-state index contributed by atoms with van der Waals surface area (Å²) >= 11 is 0. The summed E-state index contributed by atoms with van der Waals surface area (Å²) in [6.07, 6.45) is 1.61. The first-order chi connectivity index (χ1) is 10.2. The number of ether oxygens (including phenoxy) is 1. The second-order valence-electron chi connectivity index (χ2n) is 4.65. The third kappa shape index (κ3) is 2.38. The van der Waals surface area contributed by atoms with Crippen molar-refractivity contribution in [2.24, 2.45) is 0 Å². The van der Waals surface area contributed by atoms with Crippen molar-refractivity contribution in [3.8, 4) is 11.3 Å². The maximum Gasteiger partial charge on any atom is 0.357 e. The normalized spacial score (nSPS) is 10.8. The molecular weight excluding hydrogens is 266 g/mol. The number of esters is 1. The zero-order valence-electron chi connectivity index (χ0n) is 11.9. The Morgan fingerprint density at radius 2 is 2.05 bits per heavy atom. The van der Waals surface area contributed by atoms with E-state index < -0.39 is 5.97 Å². The predicted molar refractivity (Wildman–Crippen MR) is 79.1 cm³/mol. The molecule has 3 rings (SSSR count). The molecular formula is C16H15N3O2. The number of rotatable bonds is 3. The smallest absolute Gasteiger partial charge is 0.357 e. The number of aryl methyl sites for hydroxylation is 1. The first-order valence-electron chi connectivity index (χ1n) is 6.78. The average Bonchev–Trinajstić information content (AvgIpc) is 2.87. The van der Waals surface area contributed by atoms with Gasteiger partial charge in [0.2, 0.25) is 0 Å². The van der Waals surface area contributed by atoms with E-state index in [9.17, 15) is 4.79 Å². The molecule has 0 unspecified atom stereocenters. The molecule has 0 radical (unpaired) electrons. The van der Waals surface area contributed by atoms with E-state index in [4.69, 9.17) is 4.74 Å². The number of fused-ring (bicyclic) bond motifs is 1. The summed E-state index contributed by atoms with van der Waals surface area (Å²) in [5.74, 6) is -0.394. The van der Waals surface area contributed by atoms with Crippen LogP contribution in [0.4, 0.5) is 0 Å². The second kappa shape index (κ2) is 5.36. The highest BCUT2D eigenvalue weighted by Crippen LogP contribution is 2.25. The van der Waals surface area contributed by atoms with Gasteiger partial charge < -0.3 is 4.74 Å². The molecule has 21 heavy (non-hydrogen) atoms. The first-order valence-corrected chi connectivity index (χ1v) is 6.78. The Hall–Kier alpha value is -2.69. The maximum absolute atomic E-state index is 12.3. The number of carbonyl (C=O) groups excluding carboxylic acids is 1. The van der Waals surface area contributed by atoms with Crippen LogP contribution in [0.5, 0.6) is 0 Å². The van der Waals surface area contributed by atoms with Gasteiger partial charge in [-0.05, 0) is 13.8 Å². The average molecular weight is 281 g/mol. The second-order valence-corrected chi connectivity index (χ2v) is 4.65. The molecule has 1 aromatic carbocycles. The van der Waals surface area contributed by atoms with Crippen LogP contribution in [0.2, 0.25) is 0 Å². The summed E-state index contributed by atoms with van der Waals surface area (Å²) in [6.45, 7) is 3.99. The summed E-state index contributed by atoms with van der Waals surface area (Å²) in [5.41, 5.74) is 3.43. The number of hydrogen-bond acceptors (Lipinski definition) is 4. The summed E-state index contributed by atoms with van der Waals surface area (Å²) in [5, 5.41) is 0. The van der Waals surface area contributed by atoms with Crippen LogP contribution in [0.25, 0.3) is 16.9 Å². The highest BCUT2D eigenvalue weighted by atomic mass is 16.5. The monoisotopic (exact) mass is 281 g/mol. The van der Waals surface area contributed by atoms with E-state index in [-0.39, 0.29) is 0 Å². The van der Waals surface area contributed by atoms with Gasteiger partial charge in [-0.3, -0.25) is 4.40 Å². The van der Waals surface area contributed by atoms with Crippen LogP contribution in [-0.2, 0) is 4.74 Å². The highest BCUT2D eigenvalue weighted by molar-refractivity contribution is 5.96. The molecule has 0 saturated heterocycles. The van der Waals surface area contributed by atoms with Crippen molar-refractivity contribution in [1.29, 1.82) is 0 Å². The molecule has 5 nitrogen and oxygen atoms in total. The van der Waals surface area contributed by atoms with Crippen molar-refractivity contribution in [2.45, 2.75) is 13.8 Å². The molecule has 106 valence electrons. The Kier molecular flexibility index (Phi) is 3.39. The van der Waals surface area contributed by atoms with Gasteiger partial charge in [0.1, 0.15) is 17.7 Å². The molecule has 5 heteroatoms. The van der Waals surface area contributed by atoms with Gasteiger partial charge in [0.05, 0.1) is 6.61 Å². The molecule has 0 atom stereocenters. The minimum Gasteiger partial charge on any atom is -0.461 e. The highest BCUT2D eigenvalue weighted by Gasteiger charge is 2.21. The van der Waals surface area contributed by atoms with E-state index in [0.29, 0.717) is 23.6 Å². The third-order valence-electron chi connectivity index (χ3n) is 3.17. The van der Waals surface area contributed by atoms with Gasteiger partial charge in [-0.25, -0.2) is 14.8 Å². The van der Waals surface area contributed by atoms with Gasteiger partial charge in [-0.1, -0.05) is 30.3 Å². The maximum atomic E-state index is 12.3. The van der Waals surface area contributed by atoms with Crippen LogP contribution in [0.1, 0.15) is 23.1 Å². The molecule has 3 aromatic rings. The summed E-state index contributed by atoms with van der Waals surface area (Å²) in [6, 6.07) is 11.4. The Morgan fingerprint density at radius 1 is 1.29 bits per heavy atom. The standard InChI is InChI=1S/C16H15N3O2/c1-3-21-16(20)15-14(12-7-5-4-6-8-12)18-13-9-11(2)17-10-19(13)15/h4-10H,3H2,1-2H3. The minimum absolute atomic E-state index is 0.319. The number of carbonyl (C=O) groups is 1. The molecule has 0 fully saturated rings. The largest absolute Gasteiger partial charge is 0.461 e. The van der Waals surface area contributed by atoms with Crippen LogP contribution < -0.4 is 0 Å². The van der Waals surface area contributed by atoms with E-state index >= 15 is 0 Å². The van der Waals surface area contributed by atoms with E-state index in [1.54, 1.807) is 17.7 Å². The van der Waals surface area contributed by atoms with E-state index in [0.717, 1.165) is 11.3 Å². The third-order valence-corrected chi connectivity index (χ3v) is 3.17. The molecule has 0 aliphatic carbocycles. The van der Waals surface area contributed by atoms with Gasteiger partial charge >= 0.3 is 5.97 Å². The van der Waals surface area contributed by atoms with Crippen molar-refractivity contribution in [2.75, 3.05) is 6.61 Å². The number of aromatic nitrogens is 3. The number of benzene rings is 1. The van der Waals surface area contributed by atoms with E-state index in [2.05, 4.69) is 9.97 Å². The van der Waals surface area contributed by atoms with Gasteiger partial charge in [0.15, 0.2) is 5.69 Å². The molecule has 0 bridgehead atoms. The molecule has 0 amide bonds. The Balaban J connectivity index is 2.27. The number of hydrogen-bond donors (Lipinski definition) is 0. The molecule has 0 aliphatic heterocycles. The molecule has 0 aliphatic rings. The lowest BCUT2D eigenvalue weighted by Gasteiger charge is -2.04. The van der Waals surface area contributed by atoms with Gasteiger partial charge in [-0.2, -0.15) is 0 Å². The van der Waals surface area contributed by atoms with Crippen molar-refractivity contribution in [1.82, 2.24) is 14.4 Å². The fraction of sp³-hybridized carbons (Fsp3) is 0.188. The fourth-order valence-corrected chi connectivity index (χ4v) is 2.23. The van der Waals surface area contributed by atoms with Crippen LogP contribution in [0.15, 0.2) is 42.7 Å². The zero-order chi connectivity index (χ0) is 14.8. The fourth-order valence-electron chi connectivity index (χ4n) is 2.23. The van der Waals surface area contributed by atoms with Crippen LogP contribution >= 0.6 is 0 Å².